The summed E-state index contributed by atoms with van der Waals surface area (Å²) in [4.78, 5) is 24.8. The Bertz CT molecular complexity index is 1060. The molecular weight excluding hydrogens is 436 g/mol. The number of benzene rings is 1. The quantitative estimate of drug-likeness (QED) is 0.571. The number of rotatable bonds is 8. The zero-order valence-electron chi connectivity index (χ0n) is 18.3. The lowest BCUT2D eigenvalue weighted by Gasteiger charge is -2.15. The summed E-state index contributed by atoms with van der Waals surface area (Å²) in [7, 11) is -2.08. The van der Waals surface area contributed by atoms with Crippen LogP contribution in [0.25, 0.3) is 0 Å². The van der Waals surface area contributed by atoms with E-state index in [2.05, 4.69) is 10.9 Å². The van der Waals surface area contributed by atoms with Crippen molar-refractivity contribution < 1.29 is 27.5 Å². The Hall–Kier alpha value is -3.05. The summed E-state index contributed by atoms with van der Waals surface area (Å²) < 4.78 is 39.1. The van der Waals surface area contributed by atoms with E-state index in [1.165, 1.54) is 21.1 Å². The minimum atomic E-state index is -3.64. The van der Waals surface area contributed by atoms with Crippen LogP contribution in [0.5, 0.6) is 11.5 Å². The van der Waals surface area contributed by atoms with Gasteiger partial charge in [-0.25, -0.2) is 8.42 Å². The van der Waals surface area contributed by atoms with Crippen molar-refractivity contribution in [3.63, 3.8) is 0 Å². The van der Waals surface area contributed by atoms with Crippen LogP contribution in [-0.4, -0.2) is 54.9 Å². The Labute approximate surface area is 187 Å². The summed E-state index contributed by atoms with van der Waals surface area (Å²) in [6.45, 7) is 4.92. The number of nitrogens with zero attached hydrogens (tertiary/aromatic N) is 2. The van der Waals surface area contributed by atoms with E-state index in [1.807, 2.05) is 6.92 Å². The first-order valence-corrected chi connectivity index (χ1v) is 11.8. The third kappa shape index (κ3) is 5.40. The van der Waals surface area contributed by atoms with Crippen molar-refractivity contribution in [1.29, 1.82) is 0 Å². The van der Waals surface area contributed by atoms with E-state index in [0.29, 0.717) is 31.2 Å². The number of hydrogen-bond donors (Lipinski definition) is 2. The lowest BCUT2D eigenvalue weighted by molar-refractivity contribution is -0.128. The number of ether oxygens (including phenoxy) is 2. The number of carbonyl (C=O) groups is 2. The smallest absolute Gasteiger partial charge is 0.286 e. The molecule has 0 saturated carbocycles. The molecule has 2 aromatic rings. The predicted molar refractivity (Wildman–Crippen MR) is 117 cm³/mol. The average molecular weight is 465 g/mol. The molecule has 1 atom stereocenters. The third-order valence-corrected chi connectivity index (χ3v) is 6.90. The zero-order chi connectivity index (χ0) is 23.3. The standard InChI is InChI=1S/C21H28N4O6S/c1-4-30-16-7-9-17(10-8-16)31-15(2)20(26)22-23-21(27)19-13-18(14-24(19)3)32(28,29)25-11-5-6-12-25/h7-10,13-15H,4-6,11-12H2,1-3H3,(H,22,26)(H,23,27). The summed E-state index contributed by atoms with van der Waals surface area (Å²) >= 11 is 0. The second kappa shape index (κ2) is 10.0. The van der Waals surface area contributed by atoms with Crippen LogP contribution in [0.4, 0.5) is 0 Å². The van der Waals surface area contributed by atoms with Crippen LogP contribution in [0, 0.1) is 0 Å². The number of amides is 2. The Morgan fingerprint density at radius 3 is 2.34 bits per heavy atom. The molecule has 32 heavy (non-hydrogen) atoms. The Balaban J connectivity index is 1.56. The van der Waals surface area contributed by atoms with Gasteiger partial charge < -0.3 is 14.0 Å². The molecule has 2 N–H and O–H groups in total. The van der Waals surface area contributed by atoms with Crippen LogP contribution < -0.4 is 20.3 Å². The first-order chi connectivity index (χ1) is 15.2. The molecule has 1 aliphatic heterocycles. The van der Waals surface area contributed by atoms with Crippen molar-refractivity contribution in [3.05, 3.63) is 42.2 Å². The van der Waals surface area contributed by atoms with Crippen LogP contribution in [-0.2, 0) is 21.9 Å². The zero-order valence-corrected chi connectivity index (χ0v) is 19.1. The van der Waals surface area contributed by atoms with Gasteiger partial charge in [-0.3, -0.25) is 20.4 Å². The summed E-state index contributed by atoms with van der Waals surface area (Å²) in [5.41, 5.74) is 4.70. The normalized spacial score (nSPS) is 15.2. The fraction of sp³-hybridized carbons (Fsp3) is 0.429. The van der Waals surface area contributed by atoms with Gasteiger partial charge in [0.2, 0.25) is 10.0 Å². The summed E-state index contributed by atoms with van der Waals surface area (Å²) in [6, 6.07) is 8.12. The monoisotopic (exact) mass is 464 g/mol. The number of hydrogen-bond acceptors (Lipinski definition) is 6. The van der Waals surface area contributed by atoms with E-state index >= 15 is 0 Å². The number of aromatic nitrogens is 1. The second-order valence-corrected chi connectivity index (χ2v) is 9.33. The SMILES string of the molecule is CCOc1ccc(OC(C)C(=O)NNC(=O)c2cc(S(=O)(=O)N3CCCC3)cn2C)cc1. The molecule has 0 bridgehead atoms. The molecule has 2 heterocycles. The van der Waals surface area contributed by atoms with Crippen LogP contribution in [0.1, 0.15) is 37.2 Å². The van der Waals surface area contributed by atoms with Gasteiger partial charge in [0, 0.05) is 26.3 Å². The van der Waals surface area contributed by atoms with Gasteiger partial charge in [-0.15, -0.1) is 0 Å². The predicted octanol–water partition coefficient (Wildman–Crippen LogP) is 1.44. The number of nitrogens with one attached hydrogen (secondary N) is 2. The molecule has 1 fully saturated rings. The molecule has 1 aromatic carbocycles. The van der Waals surface area contributed by atoms with Gasteiger partial charge >= 0.3 is 0 Å². The molecule has 10 nitrogen and oxygen atoms in total. The minimum absolute atomic E-state index is 0.0468. The molecule has 0 spiro atoms. The first-order valence-electron chi connectivity index (χ1n) is 10.4. The highest BCUT2D eigenvalue weighted by atomic mass is 32.2. The lowest BCUT2D eigenvalue weighted by atomic mass is 10.3. The van der Waals surface area contributed by atoms with Crippen LogP contribution in [0.15, 0.2) is 41.4 Å². The molecular formula is C21H28N4O6S. The minimum Gasteiger partial charge on any atom is -0.494 e. The fourth-order valence-corrected chi connectivity index (χ4v) is 4.89. The van der Waals surface area contributed by atoms with Crippen molar-refractivity contribution >= 4 is 21.8 Å². The summed E-state index contributed by atoms with van der Waals surface area (Å²) in [6.07, 6.45) is 2.15. The Morgan fingerprint density at radius 2 is 1.72 bits per heavy atom. The molecule has 0 aliphatic carbocycles. The largest absolute Gasteiger partial charge is 0.494 e. The van der Waals surface area contributed by atoms with Crippen molar-refractivity contribution in [1.82, 2.24) is 19.7 Å². The fourth-order valence-electron chi connectivity index (χ4n) is 3.30. The van der Waals surface area contributed by atoms with Crippen molar-refractivity contribution in [2.45, 2.75) is 37.7 Å². The molecule has 1 aromatic heterocycles. The highest BCUT2D eigenvalue weighted by Crippen LogP contribution is 2.22. The van der Waals surface area contributed by atoms with Crippen LogP contribution in [0.2, 0.25) is 0 Å². The summed E-state index contributed by atoms with van der Waals surface area (Å²) in [5, 5.41) is 0. The molecule has 2 amide bonds. The van der Waals surface area contributed by atoms with Gasteiger partial charge in [0.25, 0.3) is 11.8 Å². The van der Waals surface area contributed by atoms with E-state index in [9.17, 15) is 18.0 Å². The Kier molecular flexibility index (Phi) is 7.41. The summed E-state index contributed by atoms with van der Waals surface area (Å²) in [5.74, 6) is -0.0390. The number of hydrazine groups is 1. The van der Waals surface area contributed by atoms with E-state index in [0.717, 1.165) is 12.8 Å². The van der Waals surface area contributed by atoms with Gasteiger partial charge in [0.15, 0.2) is 6.10 Å². The first kappa shape index (κ1) is 23.6. The molecule has 11 heteroatoms. The number of carbonyl (C=O) groups excluding carboxylic acids is 2. The molecule has 1 unspecified atom stereocenters. The lowest BCUT2D eigenvalue weighted by Crippen LogP contribution is -2.47. The maximum atomic E-state index is 12.7. The van der Waals surface area contributed by atoms with Gasteiger partial charge in [-0.2, -0.15) is 4.31 Å². The number of sulfonamides is 1. The third-order valence-electron chi connectivity index (χ3n) is 5.03. The van der Waals surface area contributed by atoms with Gasteiger partial charge in [-0.1, -0.05) is 0 Å². The maximum Gasteiger partial charge on any atom is 0.286 e. The van der Waals surface area contributed by atoms with E-state index < -0.39 is 27.9 Å². The average Bonchev–Trinajstić information content (AvgIpc) is 3.44. The maximum absolute atomic E-state index is 12.7. The van der Waals surface area contributed by atoms with Crippen molar-refractivity contribution in [2.75, 3.05) is 19.7 Å². The molecule has 3 rings (SSSR count). The number of aryl methyl sites for hydroxylation is 1. The van der Waals surface area contributed by atoms with Gasteiger partial charge in [0.1, 0.15) is 22.1 Å². The highest BCUT2D eigenvalue weighted by molar-refractivity contribution is 7.89. The Morgan fingerprint density at radius 1 is 1.09 bits per heavy atom. The van der Waals surface area contributed by atoms with Gasteiger partial charge in [-0.05, 0) is 57.0 Å². The van der Waals surface area contributed by atoms with Gasteiger partial charge in [0.05, 0.1) is 6.61 Å². The van der Waals surface area contributed by atoms with E-state index in [1.54, 1.807) is 38.2 Å². The topological polar surface area (TPSA) is 119 Å². The molecule has 0 radical (unpaired) electrons. The van der Waals surface area contributed by atoms with Crippen LogP contribution in [0.3, 0.4) is 0 Å². The molecule has 1 saturated heterocycles. The molecule has 174 valence electrons. The van der Waals surface area contributed by atoms with Crippen molar-refractivity contribution in [2.24, 2.45) is 7.05 Å². The molecule has 1 aliphatic rings. The van der Waals surface area contributed by atoms with E-state index in [4.69, 9.17) is 9.47 Å². The van der Waals surface area contributed by atoms with Crippen LogP contribution >= 0.6 is 0 Å². The van der Waals surface area contributed by atoms with Crippen molar-refractivity contribution in [3.8, 4) is 11.5 Å². The second-order valence-electron chi connectivity index (χ2n) is 7.39. The van der Waals surface area contributed by atoms with E-state index in [-0.39, 0.29) is 10.6 Å². The highest BCUT2D eigenvalue weighted by Gasteiger charge is 2.29.